The van der Waals surface area contributed by atoms with E-state index in [1.807, 2.05) is 5.32 Å². The second-order valence-electron chi connectivity index (χ2n) is 1.75. The van der Waals surface area contributed by atoms with Gasteiger partial charge in [-0.05, 0) is 6.92 Å². The maximum absolute atomic E-state index is 11.9. The first-order valence-corrected chi connectivity index (χ1v) is 2.64. The van der Waals surface area contributed by atoms with E-state index in [2.05, 4.69) is 0 Å². The molecule has 0 aliphatic heterocycles. The topological polar surface area (TPSA) is 29.1 Å². The molecule has 0 unspecified atom stereocenters. The van der Waals surface area contributed by atoms with E-state index in [1.165, 1.54) is 0 Å². The van der Waals surface area contributed by atoms with Crippen molar-refractivity contribution in [2.75, 3.05) is 6.54 Å². The predicted octanol–water partition coefficient (Wildman–Crippen LogP) is 1.02. The molecule has 0 radical (unpaired) electrons. The first-order valence-electron chi connectivity index (χ1n) is 2.64. The Bertz CT molecular complexity index is 113. The van der Waals surface area contributed by atoms with Gasteiger partial charge < -0.3 is 5.32 Å². The smallest absolute Gasteiger partial charge is 0.321 e. The van der Waals surface area contributed by atoms with Gasteiger partial charge in [0.1, 0.15) is 0 Å². The molecule has 1 amide bonds. The second kappa shape index (κ2) is 2.75. The van der Waals surface area contributed by atoms with Crippen LogP contribution in [0.3, 0.4) is 0 Å². The molecule has 0 saturated heterocycles. The highest BCUT2D eigenvalue weighted by molar-refractivity contribution is 5.82. The Labute approximate surface area is 53.7 Å². The van der Waals surface area contributed by atoms with Crippen molar-refractivity contribution in [1.82, 2.24) is 5.32 Å². The standard InChI is InChI=1S/C5H9F2NO.H2/c1-3-8-4(9)5(2,6)7;/h3H2,1-2H3,(H,8,9);1H. The minimum Gasteiger partial charge on any atom is -0.351 e. The lowest BCUT2D eigenvalue weighted by Gasteiger charge is -2.07. The van der Waals surface area contributed by atoms with Crippen LogP contribution in [0.1, 0.15) is 15.3 Å². The summed E-state index contributed by atoms with van der Waals surface area (Å²) in [6, 6.07) is 0. The molecule has 0 atom stereocenters. The highest BCUT2D eigenvalue weighted by Crippen LogP contribution is 2.10. The summed E-state index contributed by atoms with van der Waals surface area (Å²) in [6.07, 6.45) is 0. The molecule has 0 bridgehead atoms. The SMILES string of the molecule is CCNC(=O)C(C)(F)F.[HH]. The van der Waals surface area contributed by atoms with E-state index < -0.39 is 11.8 Å². The molecule has 0 aromatic carbocycles. The lowest BCUT2D eigenvalue weighted by molar-refractivity contribution is -0.142. The lowest BCUT2D eigenvalue weighted by atomic mass is 10.3. The molecule has 0 aromatic rings. The van der Waals surface area contributed by atoms with Crippen molar-refractivity contribution >= 4 is 5.91 Å². The molecule has 56 valence electrons. The van der Waals surface area contributed by atoms with Crippen LogP contribution in [0.4, 0.5) is 8.78 Å². The Morgan fingerprint density at radius 1 is 1.78 bits per heavy atom. The van der Waals surface area contributed by atoms with Crippen molar-refractivity contribution in [3.05, 3.63) is 0 Å². The van der Waals surface area contributed by atoms with Gasteiger partial charge in [-0.25, -0.2) is 0 Å². The van der Waals surface area contributed by atoms with Crippen molar-refractivity contribution in [3.63, 3.8) is 0 Å². The lowest BCUT2D eigenvalue weighted by Crippen LogP contribution is -2.37. The van der Waals surface area contributed by atoms with Crippen LogP contribution in [0.25, 0.3) is 0 Å². The molecule has 0 aliphatic rings. The number of rotatable bonds is 2. The van der Waals surface area contributed by atoms with Crippen LogP contribution in [0, 0.1) is 0 Å². The van der Waals surface area contributed by atoms with Crippen molar-refractivity contribution < 1.29 is 15.0 Å². The fourth-order valence-corrected chi connectivity index (χ4v) is 0.316. The predicted molar refractivity (Wildman–Crippen MR) is 31.4 cm³/mol. The summed E-state index contributed by atoms with van der Waals surface area (Å²) >= 11 is 0. The normalized spacial score (nSPS) is 11.1. The van der Waals surface area contributed by atoms with E-state index in [9.17, 15) is 13.6 Å². The number of carbonyl (C=O) groups is 1. The Morgan fingerprint density at radius 2 is 2.22 bits per heavy atom. The van der Waals surface area contributed by atoms with Gasteiger partial charge in [0.2, 0.25) is 0 Å². The zero-order chi connectivity index (χ0) is 7.49. The molecule has 2 nitrogen and oxygen atoms in total. The minimum atomic E-state index is -3.24. The number of hydrogen-bond donors (Lipinski definition) is 1. The van der Waals surface area contributed by atoms with E-state index in [4.69, 9.17) is 0 Å². The van der Waals surface area contributed by atoms with Crippen LogP contribution in [0.2, 0.25) is 0 Å². The Kier molecular flexibility index (Phi) is 2.55. The zero-order valence-electron chi connectivity index (χ0n) is 5.37. The van der Waals surface area contributed by atoms with Crippen molar-refractivity contribution in [3.8, 4) is 0 Å². The van der Waals surface area contributed by atoms with Crippen LogP contribution in [0.15, 0.2) is 0 Å². The first-order chi connectivity index (χ1) is 3.98. The quantitative estimate of drug-likeness (QED) is 0.608. The Hall–Kier alpha value is -0.670. The van der Waals surface area contributed by atoms with Gasteiger partial charge in [0.05, 0.1) is 0 Å². The average Bonchev–Trinajstić information content (AvgIpc) is 1.64. The number of carbonyl (C=O) groups excluding carboxylic acids is 1. The van der Waals surface area contributed by atoms with Crippen LogP contribution < -0.4 is 5.32 Å². The van der Waals surface area contributed by atoms with E-state index in [0.29, 0.717) is 6.92 Å². The summed E-state index contributed by atoms with van der Waals surface area (Å²) in [5.41, 5.74) is 0. The number of hydrogen-bond acceptors (Lipinski definition) is 1. The molecular formula is C5H11F2NO. The van der Waals surface area contributed by atoms with Gasteiger partial charge in [-0.1, -0.05) is 0 Å². The highest BCUT2D eigenvalue weighted by atomic mass is 19.3. The van der Waals surface area contributed by atoms with E-state index in [0.717, 1.165) is 0 Å². The van der Waals surface area contributed by atoms with E-state index >= 15 is 0 Å². The van der Waals surface area contributed by atoms with Gasteiger partial charge in [-0.3, -0.25) is 4.79 Å². The molecule has 0 aliphatic carbocycles. The third-order valence-electron chi connectivity index (χ3n) is 0.736. The monoisotopic (exact) mass is 139 g/mol. The fourth-order valence-electron chi connectivity index (χ4n) is 0.316. The number of halogens is 2. The summed E-state index contributed by atoms with van der Waals surface area (Å²) in [5, 5.41) is 2.00. The summed E-state index contributed by atoms with van der Waals surface area (Å²) in [5.74, 6) is -4.46. The molecule has 0 fully saturated rings. The zero-order valence-corrected chi connectivity index (χ0v) is 5.37. The molecule has 1 N–H and O–H groups in total. The van der Waals surface area contributed by atoms with Crippen molar-refractivity contribution in [1.29, 1.82) is 0 Å². The largest absolute Gasteiger partial charge is 0.351 e. The molecule has 0 heterocycles. The average molecular weight is 139 g/mol. The summed E-state index contributed by atoms with van der Waals surface area (Å²) in [4.78, 5) is 10.2. The molecule has 9 heavy (non-hydrogen) atoms. The third-order valence-corrected chi connectivity index (χ3v) is 0.736. The van der Waals surface area contributed by atoms with Gasteiger partial charge >= 0.3 is 5.92 Å². The summed E-state index contributed by atoms with van der Waals surface area (Å²) < 4.78 is 23.8. The van der Waals surface area contributed by atoms with Crippen molar-refractivity contribution in [2.45, 2.75) is 19.8 Å². The maximum atomic E-state index is 11.9. The van der Waals surface area contributed by atoms with Gasteiger partial charge in [0.15, 0.2) is 0 Å². The number of nitrogens with one attached hydrogen (secondary N) is 1. The molecule has 0 aromatic heterocycles. The molecule has 0 rings (SSSR count). The molecule has 0 spiro atoms. The number of amides is 1. The highest BCUT2D eigenvalue weighted by Gasteiger charge is 2.30. The van der Waals surface area contributed by atoms with Crippen molar-refractivity contribution in [2.24, 2.45) is 0 Å². The van der Waals surface area contributed by atoms with Gasteiger partial charge in [0.25, 0.3) is 5.91 Å². The van der Waals surface area contributed by atoms with Gasteiger partial charge in [-0.2, -0.15) is 8.78 Å². The number of alkyl halides is 2. The second-order valence-corrected chi connectivity index (χ2v) is 1.75. The fraction of sp³-hybridized carbons (Fsp3) is 0.800. The van der Waals surface area contributed by atoms with Crippen LogP contribution in [-0.4, -0.2) is 18.4 Å². The van der Waals surface area contributed by atoms with E-state index in [1.54, 1.807) is 6.92 Å². The first kappa shape index (κ1) is 8.33. The van der Waals surface area contributed by atoms with Crippen LogP contribution >= 0.6 is 0 Å². The Balaban J connectivity index is 0. The molecule has 4 heteroatoms. The summed E-state index contributed by atoms with van der Waals surface area (Å²) in [7, 11) is 0. The van der Waals surface area contributed by atoms with Gasteiger partial charge in [-0.15, -0.1) is 0 Å². The summed E-state index contributed by atoms with van der Waals surface area (Å²) in [6.45, 7) is 2.39. The maximum Gasteiger partial charge on any atom is 0.321 e. The van der Waals surface area contributed by atoms with Gasteiger partial charge in [0, 0.05) is 14.9 Å². The van der Waals surface area contributed by atoms with E-state index in [-0.39, 0.29) is 7.97 Å². The third kappa shape index (κ3) is 3.00. The van der Waals surface area contributed by atoms with Crippen LogP contribution in [0.5, 0.6) is 0 Å². The minimum absolute atomic E-state index is 0. The Morgan fingerprint density at radius 3 is 2.33 bits per heavy atom. The van der Waals surface area contributed by atoms with Crippen LogP contribution in [-0.2, 0) is 4.79 Å². The molecular weight excluding hydrogens is 128 g/mol. The molecule has 0 saturated carbocycles.